The van der Waals surface area contributed by atoms with Gasteiger partial charge in [-0.15, -0.1) is 0 Å². The zero-order chi connectivity index (χ0) is 13.9. The summed E-state index contributed by atoms with van der Waals surface area (Å²) in [5.41, 5.74) is 2.81. The number of aromatic amines is 1. The van der Waals surface area contributed by atoms with Gasteiger partial charge in [-0.1, -0.05) is 18.2 Å². The molecule has 1 aliphatic heterocycles. The van der Waals surface area contributed by atoms with Crippen LogP contribution in [0, 0.1) is 6.92 Å². The number of fused-ring (bicyclic) bond motifs is 4. The Hall–Kier alpha value is -2.69. The van der Waals surface area contributed by atoms with Crippen LogP contribution in [0.15, 0.2) is 29.1 Å². The normalized spacial score (nSPS) is 13.8. The lowest BCUT2D eigenvalue weighted by Gasteiger charge is -2.07. The summed E-state index contributed by atoms with van der Waals surface area (Å²) in [5.74, 6) is -0.403. The number of hydrogen-bond acceptors (Lipinski definition) is 4. The third-order valence-electron chi connectivity index (χ3n) is 3.72. The molecule has 0 saturated carbocycles. The van der Waals surface area contributed by atoms with E-state index in [0.717, 1.165) is 10.9 Å². The Morgan fingerprint density at radius 2 is 2.05 bits per heavy atom. The number of aromatic nitrogens is 2. The Labute approximate surface area is 113 Å². The van der Waals surface area contributed by atoms with Crippen molar-refractivity contribution in [3.8, 4) is 0 Å². The van der Waals surface area contributed by atoms with Crippen LogP contribution < -0.4 is 5.56 Å². The number of pyridine rings is 2. The first-order chi connectivity index (χ1) is 9.66. The van der Waals surface area contributed by atoms with Crippen molar-refractivity contribution < 1.29 is 9.53 Å². The third kappa shape index (κ3) is 1.29. The highest BCUT2D eigenvalue weighted by Gasteiger charge is 2.27. The molecule has 0 aliphatic carbocycles. The molecule has 5 nitrogen and oxygen atoms in total. The summed E-state index contributed by atoms with van der Waals surface area (Å²) in [5, 5.41) is 1.33. The lowest BCUT2D eigenvalue weighted by molar-refractivity contribution is 0.0533. The van der Waals surface area contributed by atoms with Crippen LogP contribution in [0.1, 0.15) is 21.6 Å². The van der Waals surface area contributed by atoms with E-state index in [1.54, 1.807) is 6.92 Å². The molecule has 3 aromatic rings. The Bertz CT molecular complexity index is 957. The van der Waals surface area contributed by atoms with Gasteiger partial charge in [-0.3, -0.25) is 4.79 Å². The molecule has 1 aliphatic rings. The average Bonchev–Trinajstić information content (AvgIpc) is 2.80. The molecule has 0 fully saturated rings. The Morgan fingerprint density at radius 1 is 1.25 bits per heavy atom. The maximum absolute atomic E-state index is 12.3. The fourth-order valence-corrected chi connectivity index (χ4v) is 2.80. The fraction of sp³-hybridized carbons (Fsp3) is 0.133. The number of rotatable bonds is 0. The number of carbonyl (C=O) groups excluding carboxylic acids is 1. The van der Waals surface area contributed by atoms with Gasteiger partial charge in [0, 0.05) is 5.39 Å². The van der Waals surface area contributed by atoms with E-state index in [-0.39, 0.29) is 12.2 Å². The molecular weight excluding hydrogens is 256 g/mol. The van der Waals surface area contributed by atoms with Crippen molar-refractivity contribution in [2.24, 2.45) is 0 Å². The number of hydrogen-bond donors (Lipinski definition) is 1. The van der Waals surface area contributed by atoms with E-state index in [4.69, 9.17) is 4.74 Å². The molecule has 1 aromatic carbocycles. The molecule has 98 valence electrons. The van der Waals surface area contributed by atoms with Crippen molar-refractivity contribution in [1.82, 2.24) is 9.97 Å². The highest BCUT2D eigenvalue weighted by molar-refractivity contribution is 6.07. The van der Waals surface area contributed by atoms with Crippen molar-refractivity contribution in [3.05, 3.63) is 51.4 Å². The number of benzene rings is 1. The van der Waals surface area contributed by atoms with Gasteiger partial charge in [0.05, 0.1) is 27.7 Å². The standard InChI is InChI=1S/C15H10N2O3/c1-7-11-10(6-20-15(11)19)16-13-8-4-2-3-5-9(8)17-14(18)12(7)13/h2-5H,6H2,1H3,(H,17,18). The van der Waals surface area contributed by atoms with Gasteiger partial charge in [0.1, 0.15) is 6.61 Å². The molecule has 5 heteroatoms. The topological polar surface area (TPSA) is 72.1 Å². The minimum absolute atomic E-state index is 0.173. The van der Waals surface area contributed by atoms with Gasteiger partial charge in [-0.25, -0.2) is 9.78 Å². The minimum atomic E-state index is -0.403. The van der Waals surface area contributed by atoms with Crippen LogP contribution in [0.2, 0.25) is 0 Å². The van der Waals surface area contributed by atoms with E-state index >= 15 is 0 Å². The van der Waals surface area contributed by atoms with E-state index in [9.17, 15) is 9.59 Å². The number of nitrogens with one attached hydrogen (secondary N) is 1. The molecule has 0 unspecified atom stereocenters. The molecule has 0 bridgehead atoms. The quantitative estimate of drug-likeness (QED) is 0.499. The zero-order valence-electron chi connectivity index (χ0n) is 10.7. The highest BCUT2D eigenvalue weighted by atomic mass is 16.5. The Morgan fingerprint density at radius 3 is 2.90 bits per heavy atom. The minimum Gasteiger partial charge on any atom is -0.455 e. The van der Waals surface area contributed by atoms with Crippen molar-refractivity contribution in [1.29, 1.82) is 0 Å². The molecule has 3 heterocycles. The van der Waals surface area contributed by atoms with Crippen LogP contribution in [0.4, 0.5) is 0 Å². The van der Waals surface area contributed by atoms with Gasteiger partial charge >= 0.3 is 5.97 Å². The summed E-state index contributed by atoms with van der Waals surface area (Å²) >= 11 is 0. The molecule has 0 radical (unpaired) electrons. The van der Waals surface area contributed by atoms with E-state index in [1.807, 2.05) is 24.3 Å². The predicted octanol–water partition coefficient (Wildman–Crippen LogP) is 2.06. The fourth-order valence-electron chi connectivity index (χ4n) is 2.80. The number of aryl methyl sites for hydroxylation is 1. The van der Waals surface area contributed by atoms with Gasteiger partial charge in [0.25, 0.3) is 5.56 Å². The first-order valence-electron chi connectivity index (χ1n) is 6.28. The van der Waals surface area contributed by atoms with Gasteiger partial charge in [0.2, 0.25) is 0 Å². The highest BCUT2D eigenvalue weighted by Crippen LogP contribution is 2.29. The second-order valence-electron chi connectivity index (χ2n) is 4.86. The van der Waals surface area contributed by atoms with E-state index in [0.29, 0.717) is 27.7 Å². The summed E-state index contributed by atoms with van der Waals surface area (Å²) in [4.78, 5) is 31.3. The second kappa shape index (κ2) is 3.66. The summed E-state index contributed by atoms with van der Waals surface area (Å²) in [6.45, 7) is 1.94. The van der Waals surface area contributed by atoms with Crippen LogP contribution in [0.3, 0.4) is 0 Å². The number of cyclic esters (lactones) is 1. The van der Waals surface area contributed by atoms with Crippen molar-refractivity contribution in [2.75, 3.05) is 0 Å². The molecule has 20 heavy (non-hydrogen) atoms. The SMILES string of the molecule is Cc1c2c(nc3c1c(=O)[nH]c1ccccc13)COC2=O. The van der Waals surface area contributed by atoms with Crippen molar-refractivity contribution >= 4 is 27.8 Å². The molecular formula is C15H10N2O3. The summed E-state index contributed by atoms with van der Waals surface area (Å²) in [6.07, 6.45) is 0. The maximum atomic E-state index is 12.3. The maximum Gasteiger partial charge on any atom is 0.340 e. The van der Waals surface area contributed by atoms with Gasteiger partial charge in [-0.05, 0) is 18.6 Å². The lowest BCUT2D eigenvalue weighted by atomic mass is 10.0. The van der Waals surface area contributed by atoms with Crippen LogP contribution in [-0.2, 0) is 11.3 Å². The predicted molar refractivity (Wildman–Crippen MR) is 73.7 cm³/mol. The lowest BCUT2D eigenvalue weighted by Crippen LogP contribution is -2.12. The molecule has 4 rings (SSSR count). The molecule has 0 amide bonds. The van der Waals surface area contributed by atoms with Crippen LogP contribution in [0.5, 0.6) is 0 Å². The van der Waals surface area contributed by atoms with Crippen LogP contribution >= 0.6 is 0 Å². The molecule has 0 saturated heterocycles. The molecule has 2 aromatic heterocycles. The Balaban J connectivity index is 2.31. The monoisotopic (exact) mass is 266 g/mol. The molecule has 0 atom stereocenters. The first kappa shape index (κ1) is 11.2. The number of para-hydroxylation sites is 1. The molecule has 0 spiro atoms. The van der Waals surface area contributed by atoms with E-state index in [1.165, 1.54) is 0 Å². The van der Waals surface area contributed by atoms with Crippen LogP contribution in [-0.4, -0.2) is 15.9 Å². The van der Waals surface area contributed by atoms with Crippen LogP contribution in [0.25, 0.3) is 21.8 Å². The summed E-state index contributed by atoms with van der Waals surface area (Å²) < 4.78 is 5.01. The van der Waals surface area contributed by atoms with Crippen molar-refractivity contribution in [3.63, 3.8) is 0 Å². The van der Waals surface area contributed by atoms with Gasteiger partial charge < -0.3 is 9.72 Å². The van der Waals surface area contributed by atoms with Crippen molar-refractivity contribution in [2.45, 2.75) is 13.5 Å². The number of ether oxygens (including phenoxy) is 1. The molecule has 1 N–H and O–H groups in total. The number of esters is 1. The first-order valence-corrected chi connectivity index (χ1v) is 6.28. The smallest absolute Gasteiger partial charge is 0.340 e. The second-order valence-corrected chi connectivity index (χ2v) is 4.86. The number of carbonyl (C=O) groups is 1. The average molecular weight is 266 g/mol. The van der Waals surface area contributed by atoms with Gasteiger partial charge in [0.15, 0.2) is 0 Å². The van der Waals surface area contributed by atoms with E-state index < -0.39 is 5.97 Å². The zero-order valence-corrected chi connectivity index (χ0v) is 10.7. The van der Waals surface area contributed by atoms with E-state index in [2.05, 4.69) is 9.97 Å². The number of nitrogens with zero attached hydrogens (tertiary/aromatic N) is 1. The number of H-pyrrole nitrogens is 1. The largest absolute Gasteiger partial charge is 0.455 e. The van der Waals surface area contributed by atoms with Gasteiger partial charge in [-0.2, -0.15) is 0 Å². The third-order valence-corrected chi connectivity index (χ3v) is 3.72. The summed E-state index contributed by atoms with van der Waals surface area (Å²) in [7, 11) is 0. The Kier molecular flexibility index (Phi) is 2.04. The summed E-state index contributed by atoms with van der Waals surface area (Å²) in [6, 6.07) is 7.50.